The molecule has 0 saturated carbocycles. The number of rotatable bonds is 20. The number of H-pyrrole nitrogens is 4. The molecule has 8 heteroatoms. The van der Waals surface area contributed by atoms with Gasteiger partial charge in [0, 0.05) is 101 Å². The Morgan fingerprint density at radius 2 is 0.516 bits per heavy atom. The summed E-state index contributed by atoms with van der Waals surface area (Å²) < 4.78 is 12.0. The number of fused-ring (bicyclic) bond motifs is 8. The monoisotopic (exact) mass is 1570 g/mol. The lowest BCUT2D eigenvalue weighted by Crippen LogP contribution is -2.20. The molecule has 14 aromatic carbocycles. The van der Waals surface area contributed by atoms with E-state index >= 15 is 0 Å². The number of aromatic nitrogens is 4. The predicted octanol–water partition coefficient (Wildman–Crippen LogP) is 25.5. The van der Waals surface area contributed by atoms with Crippen molar-refractivity contribution in [1.29, 1.82) is 0 Å². The third-order valence-corrected chi connectivity index (χ3v) is 23.5. The van der Waals surface area contributed by atoms with Crippen LogP contribution in [0.15, 0.2) is 388 Å². The van der Waals surface area contributed by atoms with Gasteiger partial charge in [0.2, 0.25) is 0 Å². The molecule has 4 N–H and O–H groups in total. The summed E-state index contributed by atoms with van der Waals surface area (Å²) in [5.41, 5.74) is 35.5. The molecule has 4 aromatic heterocycles. The van der Waals surface area contributed by atoms with Crippen LogP contribution in [0.5, 0.6) is 11.5 Å². The highest BCUT2D eigenvalue weighted by Crippen LogP contribution is 2.43. The maximum atomic E-state index is 6.00. The molecule has 588 valence electrons. The summed E-state index contributed by atoms with van der Waals surface area (Å²) >= 11 is 0. The Kier molecular flexibility index (Phi) is 21.1. The van der Waals surface area contributed by atoms with Crippen molar-refractivity contribution in [3.63, 3.8) is 0 Å². The smallest absolute Gasteiger partial charge is 0.118 e. The van der Waals surface area contributed by atoms with Gasteiger partial charge in [0.25, 0.3) is 0 Å². The van der Waals surface area contributed by atoms with E-state index in [2.05, 4.69) is 470 Å². The molecule has 1 aliphatic rings. The van der Waals surface area contributed by atoms with E-state index in [0.717, 1.165) is 223 Å². The van der Waals surface area contributed by atoms with Gasteiger partial charge < -0.3 is 39.2 Å². The zero-order chi connectivity index (χ0) is 82.6. The lowest BCUT2D eigenvalue weighted by Gasteiger charge is -2.25. The number of methoxy groups -OCH3 is 2. The second-order valence-corrected chi connectivity index (χ2v) is 31.2. The van der Waals surface area contributed by atoms with E-state index in [4.69, 9.17) is 9.47 Å². The summed E-state index contributed by atoms with van der Waals surface area (Å²) in [6.45, 7) is 9.00. The van der Waals surface area contributed by atoms with Crippen molar-refractivity contribution in [1.82, 2.24) is 19.9 Å². The molecule has 0 unspecified atom stereocenters. The summed E-state index contributed by atoms with van der Waals surface area (Å²) in [4.78, 5) is 22.0. The maximum absolute atomic E-state index is 6.00. The highest BCUT2D eigenvalue weighted by Gasteiger charge is 2.29. The number of para-hydroxylation sites is 4. The van der Waals surface area contributed by atoms with Crippen LogP contribution < -0.4 is 40.7 Å². The first kappa shape index (κ1) is 76.3. The van der Waals surface area contributed by atoms with Crippen LogP contribution in [0.2, 0.25) is 0 Å². The zero-order valence-electron chi connectivity index (χ0n) is 69.0. The second-order valence-electron chi connectivity index (χ2n) is 31.2. The van der Waals surface area contributed by atoms with E-state index in [1.165, 1.54) is 0 Å². The minimum absolute atomic E-state index is 0.756. The number of nitrogens with zero attached hydrogens (tertiary/aromatic N) is 2. The van der Waals surface area contributed by atoms with E-state index in [0.29, 0.717) is 0 Å². The van der Waals surface area contributed by atoms with Crippen molar-refractivity contribution in [2.24, 2.45) is 0 Å². The molecular formula is C114H90N6O2. The van der Waals surface area contributed by atoms with Crippen LogP contribution in [0, 0.1) is 27.7 Å². The Bertz CT molecular complexity index is 6640. The average molecular weight is 1580 g/mol. The summed E-state index contributed by atoms with van der Waals surface area (Å²) in [7, 11) is 3.47. The number of benzene rings is 14. The topological polar surface area (TPSA) is 88.1 Å². The molecule has 8 bridgehead atoms. The van der Waals surface area contributed by atoms with Gasteiger partial charge in [0.1, 0.15) is 11.5 Å². The lowest BCUT2D eigenvalue weighted by atomic mass is 9.91. The zero-order valence-corrected chi connectivity index (χ0v) is 69.0. The van der Waals surface area contributed by atoms with Crippen LogP contribution in [-0.4, -0.2) is 34.2 Å². The molecule has 0 atom stereocenters. The van der Waals surface area contributed by atoms with Gasteiger partial charge in [-0.05, 0) is 238 Å². The van der Waals surface area contributed by atoms with Crippen LogP contribution in [0.3, 0.4) is 0 Å². The minimum Gasteiger partial charge on any atom is -0.497 e. The van der Waals surface area contributed by atoms with Gasteiger partial charge in [-0.1, -0.05) is 291 Å². The van der Waals surface area contributed by atoms with Crippen LogP contribution in [0.25, 0.3) is 91.1 Å². The van der Waals surface area contributed by atoms with Crippen LogP contribution >= 0.6 is 0 Å². The Morgan fingerprint density at radius 3 is 0.820 bits per heavy atom. The first-order valence-electron chi connectivity index (χ1n) is 41.6. The molecule has 0 saturated heterocycles. The molecule has 18 aromatic rings. The van der Waals surface area contributed by atoms with E-state index in [-0.39, 0.29) is 0 Å². The molecule has 5 heterocycles. The second kappa shape index (κ2) is 33.8. The predicted molar refractivity (Wildman–Crippen MR) is 508 cm³/mol. The molecule has 0 aliphatic carbocycles. The molecule has 19 rings (SSSR count). The Labute approximate surface area is 712 Å². The van der Waals surface area contributed by atoms with Crippen molar-refractivity contribution in [2.45, 2.75) is 27.7 Å². The Balaban J connectivity index is 0.877. The number of anilines is 6. The Morgan fingerprint density at radius 1 is 0.230 bits per heavy atom. The van der Waals surface area contributed by atoms with Crippen molar-refractivity contribution in [3.8, 4) is 56.0 Å². The highest BCUT2D eigenvalue weighted by atomic mass is 16.5. The van der Waals surface area contributed by atoms with Crippen LogP contribution in [0.4, 0.5) is 34.1 Å². The van der Waals surface area contributed by atoms with Crippen molar-refractivity contribution < 1.29 is 9.47 Å². The maximum Gasteiger partial charge on any atom is 0.118 e. The number of hydrogen-bond donors (Lipinski definition) is 4. The van der Waals surface area contributed by atoms with Crippen LogP contribution in [-0.2, 0) is 0 Å². The molecule has 0 amide bonds. The van der Waals surface area contributed by atoms with Gasteiger partial charge in [0.05, 0.1) is 36.3 Å². The third-order valence-electron chi connectivity index (χ3n) is 23.5. The highest BCUT2D eigenvalue weighted by molar-refractivity contribution is 5.97. The summed E-state index contributed by atoms with van der Waals surface area (Å²) in [5, 5.41) is 3.70. The van der Waals surface area contributed by atoms with E-state index in [9.17, 15) is 0 Å². The van der Waals surface area contributed by atoms with Crippen molar-refractivity contribution in [2.75, 3.05) is 24.0 Å². The number of hydrogen-bond acceptors (Lipinski definition) is 4. The number of aryl methyl sites for hydroxylation is 4. The molecule has 0 fully saturated rings. The molecule has 0 spiro atoms. The molecule has 0 radical (unpaired) electrons. The Hall–Kier alpha value is -15.6. The number of ether oxygens (including phenoxy) is 2. The quantitative estimate of drug-likeness (QED) is 0.0573. The van der Waals surface area contributed by atoms with E-state index in [1.807, 2.05) is 0 Å². The molecular weight excluding hydrogens is 1490 g/mol. The van der Waals surface area contributed by atoms with Crippen molar-refractivity contribution >= 4 is 80.7 Å². The third kappa shape index (κ3) is 15.3. The van der Waals surface area contributed by atoms with Crippen molar-refractivity contribution in [3.05, 3.63) is 499 Å². The summed E-state index contributed by atoms with van der Waals surface area (Å²) in [6, 6.07) is 140. The van der Waals surface area contributed by atoms with Gasteiger partial charge >= 0.3 is 0 Å². The van der Waals surface area contributed by atoms with Gasteiger partial charge in [-0.15, -0.1) is 0 Å². The molecule has 122 heavy (non-hydrogen) atoms. The van der Waals surface area contributed by atoms with E-state index < -0.39 is 0 Å². The van der Waals surface area contributed by atoms with Gasteiger partial charge in [-0.2, -0.15) is 0 Å². The first-order chi connectivity index (χ1) is 60.0. The van der Waals surface area contributed by atoms with Gasteiger partial charge in [0.15, 0.2) is 0 Å². The van der Waals surface area contributed by atoms with E-state index in [1.54, 1.807) is 14.2 Å². The SMILES string of the molecule is COc1ccc(C2=c3[nH]c(cc3-c3ccccc3)=C(c3cc(C)c(C=Cc4ccc(N(c5ccccc5)c5ccccc5)cc4)cc3C)c3cc(-c4ccccc4)c([nH]3)C(c3ccc(OC)cc3)=c3[nH]c(cc3-c3ccccc3)=C(c3cc(C)c(C=Cc4ccc(N(c5ccccc5)c5ccccc5)cc4)cc3C)c3cc(-c4ccccc4)c2[nH]3)cc1. The van der Waals surface area contributed by atoms with Crippen LogP contribution in [0.1, 0.15) is 89.5 Å². The molecule has 1 aliphatic heterocycles. The molecule has 8 nitrogen and oxygen atoms in total. The normalized spacial score (nSPS) is 12.0. The fraction of sp³-hybridized carbons (Fsp3) is 0.0526. The standard InChI is InChI=1S/C114H90N6O2/c1-75-69-97(77(3)67-87(75)53-47-79-49-59-93(60-50-79)119(89-39-23-11-24-40-89)90-41-25-12-26-42-90)109-103-71-99(81-31-15-7-16-32-81)111(115-103)107(85-55-63-95(121-5)64-56-85)113-101(83-35-19-9-20-36-83)73-105(117-113)110(98-70-76(2)88(68-78(98)4)54-48-80-51-61-94(62-52-80)120(91-43-27-13-28-44-91)92-45-29-14-30-46-92)106-74-102(84-37-21-10-22-38-84)114(118-106)108(86-57-65-96(122-6)66-58-86)112-100(72-104(109)116-112)82-33-17-8-18-34-82/h7-74,115-118H,1-6H3. The lowest BCUT2D eigenvalue weighted by molar-refractivity contribution is 0.414. The summed E-state index contributed by atoms with van der Waals surface area (Å²) in [5.74, 6) is 1.51. The fourth-order valence-corrected chi connectivity index (χ4v) is 17.4. The average Bonchev–Trinajstić information content (AvgIpc) is 1.58. The summed E-state index contributed by atoms with van der Waals surface area (Å²) in [6.07, 6.45) is 8.99. The minimum atomic E-state index is 0.756. The first-order valence-corrected chi connectivity index (χ1v) is 41.6. The fourth-order valence-electron chi connectivity index (χ4n) is 17.4. The number of aromatic amines is 4. The number of nitrogens with one attached hydrogen (secondary N) is 4. The van der Waals surface area contributed by atoms with Gasteiger partial charge in [-0.3, -0.25) is 0 Å². The largest absolute Gasteiger partial charge is 0.497 e. The van der Waals surface area contributed by atoms with Gasteiger partial charge in [-0.25, -0.2) is 0 Å².